The monoisotopic (exact) mass is 604 g/mol. The molecule has 7 heteroatoms. The van der Waals surface area contributed by atoms with Crippen molar-refractivity contribution in [3.63, 3.8) is 0 Å². The molecule has 4 rings (SSSR count). The molecule has 3 aliphatic carbocycles. The number of benzene rings is 1. The van der Waals surface area contributed by atoms with Gasteiger partial charge in [-0.15, -0.1) is 0 Å². The van der Waals surface area contributed by atoms with Gasteiger partial charge in [-0.1, -0.05) is 65.3 Å². The quantitative estimate of drug-likeness (QED) is 0.0708. The third-order valence-electron chi connectivity index (χ3n) is 11.3. The first kappa shape index (κ1) is 33.4. The summed E-state index contributed by atoms with van der Waals surface area (Å²) in [6.45, 7) is 17.3. The molecule has 0 amide bonds. The fourth-order valence-corrected chi connectivity index (χ4v) is 8.13. The number of rotatable bonds is 8. The summed E-state index contributed by atoms with van der Waals surface area (Å²) in [5, 5.41) is 31.7. The summed E-state index contributed by atoms with van der Waals surface area (Å²) in [6.07, 6.45) is 6.95. The highest BCUT2D eigenvalue weighted by Crippen LogP contribution is 2.67. The zero-order chi connectivity index (χ0) is 33.2. The topological polar surface area (TPSA) is 129 Å². The number of carbonyl (C=O) groups excluding carboxylic acids is 4. The van der Waals surface area contributed by atoms with Gasteiger partial charge in [0.15, 0.2) is 28.8 Å². The number of hydrogen-bond donors (Lipinski definition) is 3. The van der Waals surface area contributed by atoms with E-state index in [1.165, 1.54) is 12.1 Å². The van der Waals surface area contributed by atoms with Gasteiger partial charge in [0.2, 0.25) is 0 Å². The van der Waals surface area contributed by atoms with E-state index >= 15 is 4.79 Å². The van der Waals surface area contributed by atoms with Crippen molar-refractivity contribution >= 4 is 28.9 Å². The Morgan fingerprint density at radius 2 is 1.64 bits per heavy atom. The van der Waals surface area contributed by atoms with E-state index in [1.54, 1.807) is 6.92 Å². The molecule has 0 heterocycles. The van der Waals surface area contributed by atoms with Crippen molar-refractivity contribution in [2.75, 3.05) is 0 Å². The maximum atomic E-state index is 15.2. The Hall–Kier alpha value is -3.48. The van der Waals surface area contributed by atoms with Crippen LogP contribution in [0.1, 0.15) is 93.6 Å². The fraction of sp³-hybridized carbons (Fsp3) is 0.568. The number of ketones is 4. The van der Waals surface area contributed by atoms with Crippen LogP contribution >= 0.6 is 0 Å². The van der Waals surface area contributed by atoms with Crippen LogP contribution in [0.5, 0.6) is 11.5 Å². The third kappa shape index (κ3) is 4.87. The van der Waals surface area contributed by atoms with Crippen molar-refractivity contribution < 1.29 is 34.5 Å². The van der Waals surface area contributed by atoms with Crippen LogP contribution in [0, 0.1) is 45.3 Å². The number of aliphatic hydroxyl groups is 1. The van der Waals surface area contributed by atoms with E-state index in [1.807, 2.05) is 61.5 Å². The minimum atomic E-state index is -1.65. The van der Waals surface area contributed by atoms with Gasteiger partial charge in [-0.2, -0.15) is 0 Å². The predicted octanol–water partition coefficient (Wildman–Crippen LogP) is 7.32. The normalized spacial score (nSPS) is 32.0. The van der Waals surface area contributed by atoms with Gasteiger partial charge in [0, 0.05) is 11.5 Å². The third-order valence-corrected chi connectivity index (χ3v) is 11.3. The predicted molar refractivity (Wildman–Crippen MR) is 170 cm³/mol. The zero-order valence-corrected chi connectivity index (χ0v) is 27.6. The molecule has 5 atom stereocenters. The molecule has 0 aromatic heterocycles. The number of fused-ring (bicyclic) bond motifs is 2. The summed E-state index contributed by atoms with van der Waals surface area (Å²) >= 11 is 0. The highest BCUT2D eigenvalue weighted by Gasteiger charge is 2.74. The van der Waals surface area contributed by atoms with E-state index in [-0.39, 0.29) is 54.3 Å². The van der Waals surface area contributed by atoms with E-state index in [9.17, 15) is 29.7 Å². The summed E-state index contributed by atoms with van der Waals surface area (Å²) in [7, 11) is 0. The SMILES string of the molecule is CC(=O)[C@H]1C[C@@H](C[C@]23C[C@@H](/C=C/C(C)C)C(C)(C)[C@](CC=C(C)C)(C(=O)C(=C(O)c4ccc(O)c(O)c4)C2=O)C3=O)C1(C)C. The van der Waals surface area contributed by atoms with Crippen molar-refractivity contribution in [3.05, 3.63) is 53.1 Å². The molecule has 3 N–H and O–H groups in total. The standard InChI is InChI=1S/C37H48O7/c1-20(2)10-12-24-18-36(19-25-17-26(22(5)38)34(25,6)7)31(42)29(30(41)23-11-13-27(39)28(40)16-23)32(43)37(33(36)44,35(24,8)9)15-14-21(3)4/h10-14,16,20,24-26,39-41H,15,17-19H2,1-9H3/b12-10+,30-29?/t24-,25+,26-,36-,37-/m1/s1. The minimum absolute atomic E-state index is 0.00776. The largest absolute Gasteiger partial charge is 0.506 e. The lowest BCUT2D eigenvalue weighted by Gasteiger charge is -2.62. The lowest BCUT2D eigenvalue weighted by molar-refractivity contribution is -0.178. The van der Waals surface area contributed by atoms with E-state index in [0.717, 1.165) is 11.6 Å². The molecule has 2 bridgehead atoms. The molecule has 0 spiro atoms. The van der Waals surface area contributed by atoms with E-state index in [2.05, 4.69) is 12.2 Å². The fourth-order valence-electron chi connectivity index (χ4n) is 8.13. The molecule has 238 valence electrons. The van der Waals surface area contributed by atoms with Crippen LogP contribution in [-0.4, -0.2) is 38.5 Å². The van der Waals surface area contributed by atoms with Gasteiger partial charge >= 0.3 is 0 Å². The molecule has 1 aromatic rings. The summed E-state index contributed by atoms with van der Waals surface area (Å²) in [6, 6.07) is 3.60. The highest BCUT2D eigenvalue weighted by atomic mass is 16.3. The van der Waals surface area contributed by atoms with Gasteiger partial charge in [-0.05, 0) is 93.2 Å². The Bertz CT molecular complexity index is 1500. The molecule has 0 unspecified atom stereocenters. The Labute approximate surface area is 261 Å². The molecule has 3 aliphatic rings. The van der Waals surface area contributed by atoms with Crippen LogP contribution in [0.3, 0.4) is 0 Å². The van der Waals surface area contributed by atoms with Crippen molar-refractivity contribution in [3.8, 4) is 11.5 Å². The van der Waals surface area contributed by atoms with Gasteiger partial charge in [0.1, 0.15) is 22.5 Å². The summed E-state index contributed by atoms with van der Waals surface area (Å²) < 4.78 is 0. The van der Waals surface area contributed by atoms with E-state index in [4.69, 9.17) is 0 Å². The van der Waals surface area contributed by atoms with Crippen LogP contribution in [0.4, 0.5) is 0 Å². The first-order valence-electron chi connectivity index (χ1n) is 15.7. The first-order valence-corrected chi connectivity index (χ1v) is 15.7. The molecule has 3 saturated carbocycles. The second-order valence-electron chi connectivity index (χ2n) is 15.2. The summed E-state index contributed by atoms with van der Waals surface area (Å²) in [4.78, 5) is 57.3. The lowest BCUT2D eigenvalue weighted by Crippen LogP contribution is -2.70. The van der Waals surface area contributed by atoms with Crippen molar-refractivity contribution in [2.45, 2.75) is 88.0 Å². The molecule has 7 nitrogen and oxygen atoms in total. The Morgan fingerprint density at radius 1 is 1.00 bits per heavy atom. The summed E-state index contributed by atoms with van der Waals surface area (Å²) in [5.74, 6) is -3.68. The molecule has 3 fully saturated rings. The van der Waals surface area contributed by atoms with Gasteiger partial charge in [0.05, 0.1) is 5.41 Å². The number of phenols is 2. The van der Waals surface area contributed by atoms with Crippen LogP contribution in [0.2, 0.25) is 0 Å². The van der Waals surface area contributed by atoms with E-state index < -0.39 is 61.8 Å². The van der Waals surface area contributed by atoms with Gasteiger partial charge in [-0.25, -0.2) is 0 Å². The zero-order valence-electron chi connectivity index (χ0n) is 27.6. The van der Waals surface area contributed by atoms with Crippen LogP contribution < -0.4 is 0 Å². The minimum Gasteiger partial charge on any atom is -0.506 e. The smallest absolute Gasteiger partial charge is 0.184 e. The van der Waals surface area contributed by atoms with Gasteiger partial charge < -0.3 is 15.3 Å². The average molecular weight is 605 g/mol. The number of aromatic hydroxyl groups is 2. The molecule has 1 aromatic carbocycles. The first-order chi connectivity index (χ1) is 20.3. The number of aliphatic hydroxyl groups excluding tert-OH is 1. The number of allylic oxidation sites excluding steroid dienone is 5. The van der Waals surface area contributed by atoms with Crippen LogP contribution in [0.25, 0.3) is 5.76 Å². The highest BCUT2D eigenvalue weighted by molar-refractivity contribution is 6.41. The van der Waals surface area contributed by atoms with Crippen molar-refractivity contribution in [2.24, 2.45) is 45.3 Å². The number of phenolic OH excluding ortho intramolecular Hbond substituents is 2. The van der Waals surface area contributed by atoms with E-state index in [0.29, 0.717) is 6.42 Å². The molecule has 44 heavy (non-hydrogen) atoms. The van der Waals surface area contributed by atoms with Crippen LogP contribution in [0.15, 0.2) is 47.6 Å². The Balaban J connectivity index is 2.05. The van der Waals surface area contributed by atoms with Crippen LogP contribution in [-0.2, 0) is 19.2 Å². The molecular weight excluding hydrogens is 556 g/mol. The number of carbonyl (C=O) groups is 4. The van der Waals surface area contributed by atoms with Gasteiger partial charge in [0.25, 0.3) is 0 Å². The van der Waals surface area contributed by atoms with Crippen molar-refractivity contribution in [1.29, 1.82) is 0 Å². The Kier molecular flexibility index (Phi) is 8.47. The number of hydrogen-bond acceptors (Lipinski definition) is 7. The summed E-state index contributed by atoms with van der Waals surface area (Å²) in [5.41, 5.74) is -4.16. The maximum absolute atomic E-state index is 15.2. The lowest BCUT2D eigenvalue weighted by atomic mass is 9.37. The molecule has 0 aliphatic heterocycles. The maximum Gasteiger partial charge on any atom is 0.184 e. The second-order valence-corrected chi connectivity index (χ2v) is 15.2. The Morgan fingerprint density at radius 3 is 2.16 bits per heavy atom. The molecule has 0 saturated heterocycles. The molecule has 0 radical (unpaired) electrons. The molecular formula is C37H48O7. The number of Topliss-reactive ketones (excluding diaryl/α,β-unsaturated/α-hetero) is 4. The van der Waals surface area contributed by atoms with Crippen molar-refractivity contribution in [1.82, 2.24) is 0 Å². The average Bonchev–Trinajstić information content (AvgIpc) is 2.91. The second kappa shape index (κ2) is 11.1. The van der Waals surface area contributed by atoms with Gasteiger partial charge in [-0.3, -0.25) is 19.2 Å².